The summed E-state index contributed by atoms with van der Waals surface area (Å²) in [4.78, 5) is 31.1. The Kier molecular flexibility index (Phi) is 7.60. The van der Waals surface area contributed by atoms with Crippen molar-refractivity contribution in [2.45, 2.75) is 19.4 Å². The van der Waals surface area contributed by atoms with Crippen LogP contribution in [-0.2, 0) is 16.1 Å². The summed E-state index contributed by atoms with van der Waals surface area (Å²) in [5.41, 5.74) is 0.932. The predicted octanol–water partition coefficient (Wildman–Crippen LogP) is 2.82. The van der Waals surface area contributed by atoms with Crippen LogP contribution in [0, 0.1) is 5.92 Å². The van der Waals surface area contributed by atoms with Crippen molar-refractivity contribution in [2.75, 3.05) is 32.1 Å². The molecule has 0 saturated carbocycles. The molecule has 29 heavy (non-hydrogen) atoms. The molecule has 1 fully saturated rings. The standard InChI is InChI=1S/C21H25BrN4O3/c1-29-18-7-3-2-5-15(18)11-24-20(27)14-26-10-4-6-16(13-26)21(28)25-19-9-8-17(22)12-23-19/h2-3,5,7-9,12,16H,4,6,10-11,13-14H2,1H3,(H,24,27)(H,23,25,28). The molecule has 0 bridgehead atoms. The summed E-state index contributed by atoms with van der Waals surface area (Å²) in [7, 11) is 1.61. The number of benzene rings is 1. The van der Waals surface area contributed by atoms with Crippen molar-refractivity contribution < 1.29 is 14.3 Å². The molecule has 1 aromatic carbocycles. The molecule has 2 aromatic rings. The molecule has 1 saturated heterocycles. The second-order valence-electron chi connectivity index (χ2n) is 7.01. The zero-order valence-corrected chi connectivity index (χ0v) is 17.9. The van der Waals surface area contributed by atoms with Crippen molar-refractivity contribution in [1.82, 2.24) is 15.2 Å². The number of amides is 2. The summed E-state index contributed by atoms with van der Waals surface area (Å²) in [6.45, 7) is 2.05. The first-order chi connectivity index (χ1) is 14.0. The van der Waals surface area contributed by atoms with Gasteiger partial charge in [0, 0.05) is 29.3 Å². The first-order valence-corrected chi connectivity index (χ1v) is 10.4. The highest BCUT2D eigenvalue weighted by Gasteiger charge is 2.27. The first kappa shape index (κ1) is 21.3. The van der Waals surface area contributed by atoms with E-state index < -0.39 is 0 Å². The van der Waals surface area contributed by atoms with Crippen LogP contribution in [-0.4, -0.2) is 48.4 Å². The number of piperidine rings is 1. The average Bonchev–Trinajstić information content (AvgIpc) is 2.74. The molecule has 1 unspecified atom stereocenters. The quantitative estimate of drug-likeness (QED) is 0.663. The van der Waals surface area contributed by atoms with Gasteiger partial charge in [0.05, 0.1) is 19.6 Å². The summed E-state index contributed by atoms with van der Waals surface area (Å²) < 4.78 is 6.17. The third kappa shape index (κ3) is 6.27. The number of anilines is 1. The van der Waals surface area contributed by atoms with Crippen LogP contribution >= 0.6 is 15.9 Å². The number of carbonyl (C=O) groups is 2. The van der Waals surface area contributed by atoms with Gasteiger partial charge >= 0.3 is 0 Å². The molecule has 3 rings (SSSR count). The first-order valence-electron chi connectivity index (χ1n) is 9.58. The number of carbonyl (C=O) groups excluding carboxylic acids is 2. The topological polar surface area (TPSA) is 83.6 Å². The Labute approximate surface area is 179 Å². The van der Waals surface area contributed by atoms with Crippen LogP contribution in [0.3, 0.4) is 0 Å². The van der Waals surface area contributed by atoms with Crippen LogP contribution in [0.15, 0.2) is 47.1 Å². The molecule has 2 amide bonds. The molecule has 2 heterocycles. The van der Waals surface area contributed by atoms with Gasteiger partial charge in [-0.15, -0.1) is 0 Å². The monoisotopic (exact) mass is 460 g/mol. The number of halogens is 1. The highest BCUT2D eigenvalue weighted by atomic mass is 79.9. The number of nitrogens with zero attached hydrogens (tertiary/aromatic N) is 2. The largest absolute Gasteiger partial charge is 0.496 e. The molecular formula is C21H25BrN4O3. The fraction of sp³-hybridized carbons (Fsp3) is 0.381. The summed E-state index contributed by atoms with van der Waals surface area (Å²) in [5.74, 6) is 1.01. The Balaban J connectivity index is 1.48. The third-order valence-corrected chi connectivity index (χ3v) is 5.36. The normalized spacial score (nSPS) is 16.8. The minimum atomic E-state index is -0.156. The number of ether oxygens (including phenoxy) is 1. The van der Waals surface area contributed by atoms with Crippen LogP contribution in [0.25, 0.3) is 0 Å². The van der Waals surface area contributed by atoms with E-state index in [4.69, 9.17) is 4.74 Å². The molecule has 154 valence electrons. The van der Waals surface area contributed by atoms with Crippen molar-refractivity contribution in [3.63, 3.8) is 0 Å². The minimum absolute atomic E-state index is 0.0565. The highest BCUT2D eigenvalue weighted by molar-refractivity contribution is 9.10. The Morgan fingerprint density at radius 2 is 2.10 bits per heavy atom. The lowest BCUT2D eigenvalue weighted by Crippen LogP contribution is -2.45. The van der Waals surface area contributed by atoms with E-state index in [9.17, 15) is 9.59 Å². The Hall–Kier alpha value is -2.45. The predicted molar refractivity (Wildman–Crippen MR) is 115 cm³/mol. The summed E-state index contributed by atoms with van der Waals surface area (Å²) in [6, 6.07) is 11.2. The number of likely N-dealkylation sites (tertiary alicyclic amines) is 1. The van der Waals surface area contributed by atoms with Gasteiger partial charge in [-0.2, -0.15) is 0 Å². The Morgan fingerprint density at radius 1 is 1.28 bits per heavy atom. The van der Waals surface area contributed by atoms with Gasteiger partial charge in [0.15, 0.2) is 0 Å². The van der Waals surface area contributed by atoms with Crippen molar-refractivity contribution in [2.24, 2.45) is 5.92 Å². The van der Waals surface area contributed by atoms with Crippen LogP contribution in [0.5, 0.6) is 5.75 Å². The smallest absolute Gasteiger partial charge is 0.234 e. The van der Waals surface area contributed by atoms with Crippen molar-refractivity contribution in [3.05, 3.63) is 52.6 Å². The summed E-state index contributed by atoms with van der Waals surface area (Å²) >= 11 is 3.33. The van der Waals surface area contributed by atoms with E-state index >= 15 is 0 Å². The number of hydrogen-bond acceptors (Lipinski definition) is 5. The second-order valence-corrected chi connectivity index (χ2v) is 7.93. The SMILES string of the molecule is COc1ccccc1CNC(=O)CN1CCCC(C(=O)Nc2ccc(Br)cn2)C1. The molecule has 7 nitrogen and oxygen atoms in total. The molecule has 1 atom stereocenters. The van der Waals surface area contributed by atoms with Gasteiger partial charge in [0.1, 0.15) is 11.6 Å². The van der Waals surface area contributed by atoms with E-state index in [1.54, 1.807) is 19.4 Å². The van der Waals surface area contributed by atoms with Gasteiger partial charge in [0.25, 0.3) is 0 Å². The zero-order valence-electron chi connectivity index (χ0n) is 16.4. The maximum absolute atomic E-state index is 12.6. The highest BCUT2D eigenvalue weighted by Crippen LogP contribution is 2.19. The lowest BCUT2D eigenvalue weighted by Gasteiger charge is -2.31. The molecule has 0 aliphatic carbocycles. The fourth-order valence-corrected chi connectivity index (χ4v) is 3.63. The van der Waals surface area contributed by atoms with E-state index in [0.29, 0.717) is 18.9 Å². The van der Waals surface area contributed by atoms with E-state index in [0.717, 1.165) is 35.2 Å². The van der Waals surface area contributed by atoms with Gasteiger partial charge in [-0.3, -0.25) is 14.5 Å². The molecule has 0 radical (unpaired) electrons. The Morgan fingerprint density at radius 3 is 2.86 bits per heavy atom. The maximum atomic E-state index is 12.6. The number of hydrogen-bond donors (Lipinski definition) is 2. The molecule has 1 aromatic heterocycles. The summed E-state index contributed by atoms with van der Waals surface area (Å²) in [6.07, 6.45) is 3.34. The maximum Gasteiger partial charge on any atom is 0.234 e. The molecule has 1 aliphatic heterocycles. The van der Waals surface area contributed by atoms with Crippen LogP contribution in [0.1, 0.15) is 18.4 Å². The van der Waals surface area contributed by atoms with Gasteiger partial charge in [-0.25, -0.2) is 4.98 Å². The number of para-hydroxylation sites is 1. The molecule has 0 spiro atoms. The van der Waals surface area contributed by atoms with Crippen LogP contribution < -0.4 is 15.4 Å². The second kappa shape index (κ2) is 10.4. The van der Waals surface area contributed by atoms with E-state index in [1.807, 2.05) is 35.2 Å². The lowest BCUT2D eigenvalue weighted by molar-refractivity contribution is -0.125. The molecule has 2 N–H and O–H groups in total. The number of rotatable bonds is 7. The van der Waals surface area contributed by atoms with Crippen molar-refractivity contribution in [1.29, 1.82) is 0 Å². The number of pyridine rings is 1. The van der Waals surface area contributed by atoms with Gasteiger partial charge < -0.3 is 15.4 Å². The molecular weight excluding hydrogens is 436 g/mol. The number of nitrogens with one attached hydrogen (secondary N) is 2. The van der Waals surface area contributed by atoms with Crippen LogP contribution in [0.2, 0.25) is 0 Å². The Bertz CT molecular complexity index is 844. The molecule has 1 aliphatic rings. The van der Waals surface area contributed by atoms with E-state index in [1.165, 1.54) is 0 Å². The average molecular weight is 461 g/mol. The van der Waals surface area contributed by atoms with Crippen molar-refractivity contribution in [3.8, 4) is 5.75 Å². The summed E-state index contributed by atoms with van der Waals surface area (Å²) in [5, 5.41) is 5.79. The van der Waals surface area contributed by atoms with Gasteiger partial charge in [-0.1, -0.05) is 18.2 Å². The zero-order chi connectivity index (χ0) is 20.6. The minimum Gasteiger partial charge on any atom is -0.496 e. The van der Waals surface area contributed by atoms with Gasteiger partial charge in [-0.05, 0) is 53.5 Å². The van der Waals surface area contributed by atoms with Crippen LogP contribution in [0.4, 0.5) is 5.82 Å². The van der Waals surface area contributed by atoms with Crippen molar-refractivity contribution >= 4 is 33.6 Å². The molecule has 8 heteroatoms. The van der Waals surface area contributed by atoms with E-state index in [2.05, 4.69) is 31.5 Å². The van der Waals surface area contributed by atoms with Gasteiger partial charge in [0.2, 0.25) is 11.8 Å². The number of aromatic nitrogens is 1. The fourth-order valence-electron chi connectivity index (χ4n) is 3.39. The van der Waals surface area contributed by atoms with E-state index in [-0.39, 0.29) is 24.3 Å². The lowest BCUT2D eigenvalue weighted by atomic mass is 9.97. The third-order valence-electron chi connectivity index (χ3n) is 4.89. The number of methoxy groups -OCH3 is 1.